The van der Waals surface area contributed by atoms with Crippen molar-refractivity contribution in [3.63, 3.8) is 0 Å². The van der Waals surface area contributed by atoms with Crippen molar-refractivity contribution in [2.75, 3.05) is 5.32 Å². The molecule has 0 saturated carbocycles. The lowest BCUT2D eigenvalue weighted by molar-refractivity contribution is -0.384. The summed E-state index contributed by atoms with van der Waals surface area (Å²) in [6, 6.07) is 6.85. The number of nitro groups is 1. The zero-order valence-corrected chi connectivity index (χ0v) is 12.4. The molecule has 0 radical (unpaired) electrons. The summed E-state index contributed by atoms with van der Waals surface area (Å²) in [5.41, 5.74) is 1.00. The molecule has 19 heavy (non-hydrogen) atoms. The van der Waals surface area contributed by atoms with E-state index in [1.807, 2.05) is 23.9 Å². The highest BCUT2D eigenvalue weighted by Gasteiger charge is 2.11. The molecular weight excluding hydrogens is 359 g/mol. The summed E-state index contributed by atoms with van der Waals surface area (Å²) in [6.07, 6.45) is 3.64. The molecule has 1 aromatic carbocycles. The highest BCUT2D eigenvalue weighted by Crippen LogP contribution is 2.24. The first-order valence-electron chi connectivity index (χ1n) is 5.74. The topological polar surface area (TPSA) is 73.0 Å². The van der Waals surface area contributed by atoms with Crippen LogP contribution in [0.15, 0.2) is 36.7 Å². The Morgan fingerprint density at radius 1 is 1.58 bits per heavy atom. The first-order valence-corrected chi connectivity index (χ1v) is 6.82. The molecule has 2 rings (SSSR count). The van der Waals surface area contributed by atoms with Crippen LogP contribution in [-0.4, -0.2) is 20.7 Å². The number of aromatic nitrogens is 2. The van der Waals surface area contributed by atoms with Gasteiger partial charge in [-0.15, -0.1) is 0 Å². The van der Waals surface area contributed by atoms with Gasteiger partial charge in [0, 0.05) is 39.8 Å². The van der Waals surface area contributed by atoms with Crippen LogP contribution in [0.25, 0.3) is 0 Å². The number of hydrogen-bond donors (Lipinski definition) is 1. The third-order valence-electron chi connectivity index (χ3n) is 2.59. The van der Waals surface area contributed by atoms with Crippen LogP contribution in [0, 0.1) is 13.7 Å². The lowest BCUT2D eigenvalue weighted by Gasteiger charge is -2.16. The molecule has 1 aromatic heterocycles. The number of hydrogen-bond acceptors (Lipinski definition) is 4. The highest BCUT2D eigenvalue weighted by molar-refractivity contribution is 14.1. The van der Waals surface area contributed by atoms with E-state index in [-0.39, 0.29) is 16.7 Å². The third-order valence-corrected chi connectivity index (χ3v) is 3.48. The highest BCUT2D eigenvalue weighted by atomic mass is 127. The van der Waals surface area contributed by atoms with Gasteiger partial charge in [-0.25, -0.2) is 0 Å². The van der Waals surface area contributed by atoms with E-state index < -0.39 is 0 Å². The van der Waals surface area contributed by atoms with E-state index in [9.17, 15) is 10.1 Å². The summed E-state index contributed by atoms with van der Waals surface area (Å²) in [5.74, 6) is 0. The summed E-state index contributed by atoms with van der Waals surface area (Å²) in [6.45, 7) is 2.78. The van der Waals surface area contributed by atoms with Gasteiger partial charge in [-0.1, -0.05) is 0 Å². The fourth-order valence-corrected chi connectivity index (χ4v) is 2.39. The minimum Gasteiger partial charge on any atom is -0.380 e. The van der Waals surface area contributed by atoms with Gasteiger partial charge in [0.15, 0.2) is 0 Å². The van der Waals surface area contributed by atoms with E-state index >= 15 is 0 Å². The molecule has 0 aliphatic rings. The first kappa shape index (κ1) is 13.8. The summed E-state index contributed by atoms with van der Waals surface area (Å²) >= 11 is 2.09. The average molecular weight is 372 g/mol. The van der Waals surface area contributed by atoms with Crippen molar-refractivity contribution in [2.45, 2.75) is 19.5 Å². The van der Waals surface area contributed by atoms with Gasteiger partial charge < -0.3 is 5.32 Å². The Bertz CT molecular complexity index is 571. The van der Waals surface area contributed by atoms with Crippen molar-refractivity contribution in [3.8, 4) is 0 Å². The lowest BCUT2D eigenvalue weighted by atomic mass is 10.2. The van der Waals surface area contributed by atoms with Gasteiger partial charge in [0.05, 0.1) is 11.5 Å². The van der Waals surface area contributed by atoms with Crippen LogP contribution < -0.4 is 5.32 Å². The third kappa shape index (κ3) is 3.66. The lowest BCUT2D eigenvalue weighted by Crippen LogP contribution is -2.22. The summed E-state index contributed by atoms with van der Waals surface area (Å²) in [4.78, 5) is 10.3. The minimum absolute atomic E-state index is 0.106. The Morgan fingerprint density at radius 2 is 2.37 bits per heavy atom. The van der Waals surface area contributed by atoms with Crippen molar-refractivity contribution in [1.29, 1.82) is 0 Å². The normalized spacial score (nSPS) is 12.1. The van der Waals surface area contributed by atoms with E-state index in [1.165, 1.54) is 6.07 Å². The van der Waals surface area contributed by atoms with Gasteiger partial charge in [0.25, 0.3) is 5.69 Å². The number of anilines is 1. The second-order valence-electron chi connectivity index (χ2n) is 4.19. The molecule has 0 aliphatic heterocycles. The number of rotatable bonds is 5. The SMILES string of the molecule is CC(Cn1cccn1)Nc1ccc([N+](=O)[O-])cc1I. The number of benzene rings is 1. The van der Waals surface area contributed by atoms with E-state index in [2.05, 4.69) is 33.0 Å². The number of nitro benzene ring substituents is 1. The molecule has 1 unspecified atom stereocenters. The Morgan fingerprint density at radius 3 is 2.95 bits per heavy atom. The van der Waals surface area contributed by atoms with Gasteiger partial charge in [0.2, 0.25) is 0 Å². The maximum Gasteiger partial charge on any atom is 0.270 e. The molecular formula is C12H13IN4O2. The summed E-state index contributed by atoms with van der Waals surface area (Å²) < 4.78 is 2.68. The van der Waals surface area contributed by atoms with E-state index in [0.717, 1.165) is 15.8 Å². The monoisotopic (exact) mass is 372 g/mol. The van der Waals surface area contributed by atoms with Crippen molar-refractivity contribution in [3.05, 3.63) is 50.3 Å². The Labute approximate surface area is 124 Å². The smallest absolute Gasteiger partial charge is 0.270 e. The second kappa shape index (κ2) is 6.00. The fourth-order valence-electron chi connectivity index (χ4n) is 1.73. The molecule has 0 spiro atoms. The number of nitrogens with one attached hydrogen (secondary N) is 1. The number of nitrogens with zero attached hydrogens (tertiary/aromatic N) is 3. The van der Waals surface area contributed by atoms with Crippen LogP contribution in [0.2, 0.25) is 0 Å². The molecule has 100 valence electrons. The van der Waals surface area contributed by atoms with Crippen LogP contribution in [0.5, 0.6) is 0 Å². The zero-order valence-electron chi connectivity index (χ0n) is 10.3. The number of non-ortho nitro benzene ring substituents is 1. The zero-order chi connectivity index (χ0) is 13.8. The Balaban J connectivity index is 2.04. The predicted molar refractivity (Wildman–Crippen MR) is 81.1 cm³/mol. The molecule has 0 aliphatic carbocycles. The Kier molecular flexibility index (Phi) is 4.35. The molecule has 2 aromatic rings. The van der Waals surface area contributed by atoms with Crippen LogP contribution >= 0.6 is 22.6 Å². The van der Waals surface area contributed by atoms with Gasteiger partial charge in [0.1, 0.15) is 0 Å². The molecule has 0 saturated heterocycles. The van der Waals surface area contributed by atoms with Gasteiger partial charge in [-0.05, 0) is 41.6 Å². The molecule has 1 atom stereocenters. The molecule has 1 heterocycles. The Hall–Kier alpha value is -1.64. The molecule has 6 nitrogen and oxygen atoms in total. The fraction of sp³-hybridized carbons (Fsp3) is 0.250. The van der Waals surface area contributed by atoms with Gasteiger partial charge >= 0.3 is 0 Å². The minimum atomic E-state index is -0.390. The van der Waals surface area contributed by atoms with Crippen LogP contribution in [0.3, 0.4) is 0 Å². The largest absolute Gasteiger partial charge is 0.380 e. The second-order valence-corrected chi connectivity index (χ2v) is 5.36. The van der Waals surface area contributed by atoms with Crippen LogP contribution in [0.4, 0.5) is 11.4 Å². The van der Waals surface area contributed by atoms with E-state index in [4.69, 9.17) is 0 Å². The molecule has 0 fully saturated rings. The molecule has 7 heteroatoms. The van der Waals surface area contributed by atoms with E-state index in [1.54, 1.807) is 18.3 Å². The quantitative estimate of drug-likeness (QED) is 0.498. The van der Waals surface area contributed by atoms with Crippen molar-refractivity contribution < 1.29 is 4.92 Å². The van der Waals surface area contributed by atoms with E-state index in [0.29, 0.717) is 0 Å². The molecule has 1 N–H and O–H groups in total. The maximum atomic E-state index is 10.7. The average Bonchev–Trinajstić information content (AvgIpc) is 2.84. The van der Waals surface area contributed by atoms with Crippen molar-refractivity contribution in [1.82, 2.24) is 9.78 Å². The summed E-state index contributed by atoms with van der Waals surface area (Å²) in [7, 11) is 0. The molecule has 0 amide bonds. The predicted octanol–water partition coefficient (Wildman–Crippen LogP) is 2.90. The summed E-state index contributed by atoms with van der Waals surface area (Å²) in [5, 5.41) is 18.1. The van der Waals surface area contributed by atoms with Gasteiger partial charge in [-0.2, -0.15) is 5.10 Å². The van der Waals surface area contributed by atoms with Gasteiger partial charge in [-0.3, -0.25) is 14.8 Å². The maximum absolute atomic E-state index is 10.7. The standard InChI is InChI=1S/C12H13IN4O2/c1-9(8-16-6-2-5-14-16)15-12-4-3-10(17(18)19)7-11(12)13/h2-7,9,15H,8H2,1H3. The number of halogens is 1. The van der Waals surface area contributed by atoms with Crippen LogP contribution in [0.1, 0.15) is 6.92 Å². The molecule has 0 bridgehead atoms. The first-order chi connectivity index (χ1) is 9.06. The van der Waals surface area contributed by atoms with Crippen LogP contribution in [-0.2, 0) is 6.54 Å². The van der Waals surface area contributed by atoms with Crippen molar-refractivity contribution in [2.24, 2.45) is 0 Å². The van der Waals surface area contributed by atoms with Crippen molar-refractivity contribution >= 4 is 34.0 Å².